The lowest BCUT2D eigenvalue weighted by Gasteiger charge is -2.23. The van der Waals surface area contributed by atoms with E-state index in [2.05, 4.69) is 10.3 Å². The molecule has 1 aromatic rings. The molecule has 0 amide bonds. The summed E-state index contributed by atoms with van der Waals surface area (Å²) in [6.07, 6.45) is -2.03. The zero-order valence-electron chi connectivity index (χ0n) is 12.9. The lowest BCUT2D eigenvalue weighted by Crippen LogP contribution is -2.31. The van der Waals surface area contributed by atoms with Crippen molar-refractivity contribution in [1.29, 1.82) is 0 Å². The van der Waals surface area contributed by atoms with Crippen molar-refractivity contribution in [3.05, 3.63) is 9.39 Å². The zero-order valence-corrected chi connectivity index (χ0v) is 15.1. The van der Waals surface area contributed by atoms with Crippen molar-refractivity contribution in [3.63, 3.8) is 0 Å². The second-order valence-corrected chi connectivity index (χ2v) is 6.73. The summed E-state index contributed by atoms with van der Waals surface area (Å²) in [7, 11) is 0. The first-order valence-corrected chi connectivity index (χ1v) is 8.35. The lowest BCUT2D eigenvalue weighted by molar-refractivity contribution is -0.202. The Hall–Kier alpha value is -0.820. The quantitative estimate of drug-likeness (QED) is 0.534. The van der Waals surface area contributed by atoms with E-state index in [9.17, 15) is 9.90 Å². The summed E-state index contributed by atoms with van der Waals surface area (Å²) in [6.45, 7) is 5.37. The number of hydrogen-bond donors (Lipinski definition) is 1. The third-order valence-corrected chi connectivity index (χ3v) is 4.66. The SMILES string of the molecule is CCOC(=O)c1nnn([C@@H]2O[C@H](CO)[C@H]3OC(C)(C)O[C@H]32)c1I. The number of fused-ring (bicyclic) bond motifs is 1. The van der Waals surface area contributed by atoms with Gasteiger partial charge in [-0.25, -0.2) is 9.48 Å². The van der Waals surface area contributed by atoms with Crippen LogP contribution in [-0.4, -0.2) is 63.4 Å². The van der Waals surface area contributed by atoms with Crippen LogP contribution in [0.5, 0.6) is 0 Å². The van der Waals surface area contributed by atoms with Gasteiger partial charge in [0.2, 0.25) is 5.69 Å². The molecule has 23 heavy (non-hydrogen) atoms. The van der Waals surface area contributed by atoms with Gasteiger partial charge in [-0.15, -0.1) is 5.10 Å². The van der Waals surface area contributed by atoms with Gasteiger partial charge in [-0.2, -0.15) is 0 Å². The molecule has 2 saturated heterocycles. The van der Waals surface area contributed by atoms with Gasteiger partial charge in [0.25, 0.3) is 0 Å². The Morgan fingerprint density at radius 2 is 2.13 bits per heavy atom. The van der Waals surface area contributed by atoms with Gasteiger partial charge in [-0.1, -0.05) is 5.21 Å². The number of aliphatic hydroxyl groups is 1. The van der Waals surface area contributed by atoms with E-state index in [1.54, 1.807) is 20.8 Å². The highest BCUT2D eigenvalue weighted by molar-refractivity contribution is 14.1. The molecular formula is C13H18IN3O6. The van der Waals surface area contributed by atoms with Crippen LogP contribution in [-0.2, 0) is 18.9 Å². The number of aliphatic hydroxyl groups excluding tert-OH is 1. The largest absolute Gasteiger partial charge is 0.461 e. The molecular weight excluding hydrogens is 421 g/mol. The van der Waals surface area contributed by atoms with Crippen LogP contribution < -0.4 is 0 Å². The van der Waals surface area contributed by atoms with Crippen LogP contribution >= 0.6 is 22.6 Å². The van der Waals surface area contributed by atoms with E-state index in [1.165, 1.54) is 4.68 Å². The molecule has 4 atom stereocenters. The van der Waals surface area contributed by atoms with E-state index in [4.69, 9.17) is 18.9 Å². The number of aromatic nitrogens is 3. The minimum absolute atomic E-state index is 0.123. The Bertz CT molecular complexity index is 607. The Labute approximate surface area is 146 Å². The highest BCUT2D eigenvalue weighted by Gasteiger charge is 2.56. The maximum atomic E-state index is 11.9. The third kappa shape index (κ3) is 2.97. The second kappa shape index (κ2) is 6.24. The Balaban J connectivity index is 1.89. The predicted octanol–water partition coefficient (Wildman–Crippen LogP) is 0.469. The molecule has 128 valence electrons. The number of esters is 1. The van der Waals surface area contributed by atoms with Gasteiger partial charge in [-0.3, -0.25) is 0 Å². The summed E-state index contributed by atoms with van der Waals surface area (Å²) < 4.78 is 24.4. The molecule has 0 saturated carbocycles. The van der Waals surface area contributed by atoms with Gasteiger partial charge in [0, 0.05) is 0 Å². The molecule has 3 rings (SSSR count). The van der Waals surface area contributed by atoms with E-state index >= 15 is 0 Å². The van der Waals surface area contributed by atoms with Crippen LogP contribution in [0.25, 0.3) is 0 Å². The molecule has 2 aliphatic rings. The summed E-state index contributed by atoms with van der Waals surface area (Å²) in [4.78, 5) is 11.9. The van der Waals surface area contributed by atoms with Crippen molar-refractivity contribution < 1.29 is 28.8 Å². The zero-order chi connectivity index (χ0) is 16.8. The molecule has 1 N–H and O–H groups in total. The van der Waals surface area contributed by atoms with Crippen molar-refractivity contribution in [2.75, 3.05) is 13.2 Å². The van der Waals surface area contributed by atoms with Gasteiger partial charge in [-0.05, 0) is 43.4 Å². The lowest BCUT2D eigenvalue weighted by atomic mass is 10.1. The first-order chi connectivity index (χ1) is 10.9. The predicted molar refractivity (Wildman–Crippen MR) is 83.5 cm³/mol. The van der Waals surface area contributed by atoms with Crippen molar-refractivity contribution >= 4 is 28.6 Å². The van der Waals surface area contributed by atoms with E-state index in [1.807, 2.05) is 22.6 Å². The van der Waals surface area contributed by atoms with Gasteiger partial charge >= 0.3 is 5.97 Å². The molecule has 0 aliphatic carbocycles. The molecule has 3 heterocycles. The average Bonchev–Trinajstić information content (AvgIpc) is 3.10. The summed E-state index contributed by atoms with van der Waals surface area (Å²) in [6, 6.07) is 0. The Morgan fingerprint density at radius 3 is 2.78 bits per heavy atom. The van der Waals surface area contributed by atoms with Crippen molar-refractivity contribution in [2.24, 2.45) is 0 Å². The monoisotopic (exact) mass is 439 g/mol. The van der Waals surface area contributed by atoms with Crippen LogP contribution in [0.2, 0.25) is 0 Å². The van der Waals surface area contributed by atoms with E-state index in [0.29, 0.717) is 3.70 Å². The third-order valence-electron chi connectivity index (χ3n) is 3.65. The number of halogens is 1. The number of ether oxygens (including phenoxy) is 4. The molecule has 0 radical (unpaired) electrons. The minimum Gasteiger partial charge on any atom is -0.461 e. The van der Waals surface area contributed by atoms with Crippen LogP contribution in [0.3, 0.4) is 0 Å². The van der Waals surface area contributed by atoms with E-state index in [-0.39, 0.29) is 18.9 Å². The normalized spacial score (nSPS) is 32.0. The Morgan fingerprint density at radius 1 is 1.43 bits per heavy atom. The number of rotatable bonds is 4. The number of nitrogens with zero attached hydrogens (tertiary/aromatic N) is 3. The topological polar surface area (TPSA) is 105 Å². The first-order valence-electron chi connectivity index (χ1n) is 7.27. The molecule has 2 aliphatic heterocycles. The van der Waals surface area contributed by atoms with Gasteiger partial charge in [0.15, 0.2) is 12.0 Å². The molecule has 10 heteroatoms. The van der Waals surface area contributed by atoms with Crippen LogP contribution in [0.1, 0.15) is 37.5 Å². The Kier molecular flexibility index (Phi) is 4.62. The van der Waals surface area contributed by atoms with Gasteiger partial charge in [0.05, 0.1) is 13.2 Å². The number of hydrogen-bond acceptors (Lipinski definition) is 8. The molecule has 1 aromatic heterocycles. The van der Waals surface area contributed by atoms with Gasteiger partial charge < -0.3 is 24.1 Å². The minimum atomic E-state index is -0.777. The molecule has 9 nitrogen and oxygen atoms in total. The smallest absolute Gasteiger partial charge is 0.361 e. The fourth-order valence-corrected chi connectivity index (χ4v) is 3.47. The summed E-state index contributed by atoms with van der Waals surface area (Å²) in [5.41, 5.74) is 0.123. The van der Waals surface area contributed by atoms with Crippen LogP contribution in [0.15, 0.2) is 0 Å². The van der Waals surface area contributed by atoms with E-state index in [0.717, 1.165) is 0 Å². The first kappa shape index (κ1) is 17.0. The highest BCUT2D eigenvalue weighted by Crippen LogP contribution is 2.43. The summed E-state index contributed by atoms with van der Waals surface area (Å²) in [5.74, 6) is -1.32. The van der Waals surface area contributed by atoms with E-state index < -0.39 is 36.3 Å². The van der Waals surface area contributed by atoms with Crippen LogP contribution in [0, 0.1) is 3.70 Å². The summed E-state index contributed by atoms with van der Waals surface area (Å²) >= 11 is 1.96. The maximum absolute atomic E-state index is 11.9. The molecule has 0 unspecified atom stereocenters. The fourth-order valence-electron chi connectivity index (χ4n) is 2.77. The van der Waals surface area contributed by atoms with Gasteiger partial charge in [0.1, 0.15) is 22.0 Å². The highest BCUT2D eigenvalue weighted by atomic mass is 127. The van der Waals surface area contributed by atoms with Crippen molar-refractivity contribution in [1.82, 2.24) is 15.0 Å². The number of carbonyl (C=O) groups is 1. The fraction of sp³-hybridized carbons (Fsp3) is 0.769. The average molecular weight is 439 g/mol. The number of carbonyl (C=O) groups excluding carboxylic acids is 1. The molecule has 2 fully saturated rings. The van der Waals surface area contributed by atoms with Crippen molar-refractivity contribution in [2.45, 2.75) is 51.1 Å². The standard InChI is InChI=1S/C13H18IN3O6/c1-4-20-12(19)7-10(14)17(16-15-7)11-9-8(6(5-18)21-11)22-13(2,3)23-9/h6,8-9,11,18H,4-5H2,1-3H3/t6-,8-,9-,11-/m1/s1. The molecule has 0 bridgehead atoms. The van der Waals surface area contributed by atoms with Crippen molar-refractivity contribution in [3.8, 4) is 0 Å². The molecule has 0 aromatic carbocycles. The van der Waals surface area contributed by atoms with Crippen LogP contribution in [0.4, 0.5) is 0 Å². The second-order valence-electron chi connectivity index (χ2n) is 5.71. The maximum Gasteiger partial charge on any atom is 0.361 e. The molecule has 0 spiro atoms. The summed E-state index contributed by atoms with van der Waals surface area (Å²) in [5, 5.41) is 17.4.